The molecule has 1 aliphatic carbocycles. The summed E-state index contributed by atoms with van der Waals surface area (Å²) in [5.41, 5.74) is 6.27. The molecule has 1 saturated carbocycles. The lowest BCUT2D eigenvalue weighted by Crippen LogP contribution is -2.22. The van der Waals surface area contributed by atoms with Crippen molar-refractivity contribution in [3.8, 4) is 0 Å². The van der Waals surface area contributed by atoms with Gasteiger partial charge in [0.1, 0.15) is 0 Å². The molecule has 3 heteroatoms. The van der Waals surface area contributed by atoms with Gasteiger partial charge < -0.3 is 5.73 Å². The average molecular weight is 274 g/mol. The van der Waals surface area contributed by atoms with E-state index in [9.17, 15) is 0 Å². The van der Waals surface area contributed by atoms with Gasteiger partial charge in [-0.1, -0.05) is 19.3 Å². The number of hydrogen-bond donors (Lipinski definition) is 1. The number of nitrogens with two attached hydrogens (primary N) is 1. The molecule has 2 N–H and O–H groups in total. The highest BCUT2D eigenvalue weighted by atomic mass is 79.9. The molecule has 0 aromatic carbocycles. The van der Waals surface area contributed by atoms with E-state index in [1.165, 1.54) is 40.8 Å². The van der Waals surface area contributed by atoms with Gasteiger partial charge in [-0.05, 0) is 46.8 Å². The maximum atomic E-state index is 6.27. The van der Waals surface area contributed by atoms with Crippen molar-refractivity contribution in [1.29, 1.82) is 0 Å². The minimum atomic E-state index is 0.270. The Balaban J connectivity index is 2.03. The molecule has 1 fully saturated rings. The molecule has 2 rings (SSSR count). The van der Waals surface area contributed by atoms with Gasteiger partial charge >= 0.3 is 0 Å². The van der Waals surface area contributed by atoms with E-state index in [1.807, 2.05) is 0 Å². The molecule has 14 heavy (non-hydrogen) atoms. The Morgan fingerprint density at radius 3 is 2.57 bits per heavy atom. The van der Waals surface area contributed by atoms with E-state index in [2.05, 4.69) is 28.1 Å². The van der Waals surface area contributed by atoms with E-state index in [1.54, 1.807) is 11.3 Å². The first-order chi connectivity index (χ1) is 6.77. The molecule has 1 aliphatic rings. The summed E-state index contributed by atoms with van der Waals surface area (Å²) in [5, 5.41) is 0. The van der Waals surface area contributed by atoms with Crippen LogP contribution in [0.15, 0.2) is 15.9 Å². The molecule has 0 amide bonds. The molecule has 1 aromatic heterocycles. The molecule has 0 spiro atoms. The van der Waals surface area contributed by atoms with Gasteiger partial charge in [0.05, 0.1) is 3.79 Å². The first-order valence-electron chi connectivity index (χ1n) is 5.28. The lowest BCUT2D eigenvalue weighted by atomic mass is 9.84. The van der Waals surface area contributed by atoms with Crippen LogP contribution in [-0.2, 0) is 0 Å². The number of hydrogen-bond acceptors (Lipinski definition) is 2. The van der Waals surface area contributed by atoms with Gasteiger partial charge in [0.15, 0.2) is 0 Å². The van der Waals surface area contributed by atoms with E-state index in [4.69, 9.17) is 5.73 Å². The lowest BCUT2D eigenvalue weighted by Gasteiger charge is -2.26. The highest BCUT2D eigenvalue weighted by Gasteiger charge is 2.22. The molecule has 0 aliphatic heterocycles. The van der Waals surface area contributed by atoms with E-state index in [-0.39, 0.29) is 6.04 Å². The molecule has 0 radical (unpaired) electrons. The fourth-order valence-electron chi connectivity index (χ4n) is 2.23. The third-order valence-corrected chi connectivity index (χ3v) is 4.81. The van der Waals surface area contributed by atoms with Crippen molar-refractivity contribution >= 4 is 27.3 Å². The summed E-state index contributed by atoms with van der Waals surface area (Å²) < 4.78 is 1.19. The SMILES string of the molecule is N[C@H](c1ccc(Br)s1)C1CCCCC1. The molecule has 0 saturated heterocycles. The molecular weight excluding hydrogens is 258 g/mol. The highest BCUT2D eigenvalue weighted by Crippen LogP contribution is 2.36. The van der Waals surface area contributed by atoms with Gasteiger partial charge in [-0.15, -0.1) is 11.3 Å². The monoisotopic (exact) mass is 273 g/mol. The number of rotatable bonds is 2. The largest absolute Gasteiger partial charge is 0.323 e. The molecule has 1 heterocycles. The van der Waals surface area contributed by atoms with Crippen molar-refractivity contribution in [3.63, 3.8) is 0 Å². The van der Waals surface area contributed by atoms with Crippen molar-refractivity contribution in [1.82, 2.24) is 0 Å². The summed E-state index contributed by atoms with van der Waals surface area (Å²) >= 11 is 5.27. The zero-order valence-electron chi connectivity index (χ0n) is 8.21. The number of halogens is 1. The summed E-state index contributed by atoms with van der Waals surface area (Å²) in [6.07, 6.45) is 6.76. The zero-order chi connectivity index (χ0) is 9.97. The van der Waals surface area contributed by atoms with Crippen LogP contribution in [0, 0.1) is 5.92 Å². The molecule has 78 valence electrons. The molecule has 1 nitrogen and oxygen atoms in total. The topological polar surface area (TPSA) is 26.0 Å². The minimum Gasteiger partial charge on any atom is -0.323 e. The van der Waals surface area contributed by atoms with E-state index in [0.29, 0.717) is 5.92 Å². The van der Waals surface area contributed by atoms with E-state index < -0.39 is 0 Å². The summed E-state index contributed by atoms with van der Waals surface area (Å²) in [5.74, 6) is 0.717. The van der Waals surface area contributed by atoms with Crippen LogP contribution in [0.25, 0.3) is 0 Å². The summed E-state index contributed by atoms with van der Waals surface area (Å²) in [7, 11) is 0. The lowest BCUT2D eigenvalue weighted by molar-refractivity contribution is 0.311. The average Bonchev–Trinajstić information content (AvgIpc) is 2.65. The van der Waals surface area contributed by atoms with Gasteiger partial charge in [0, 0.05) is 10.9 Å². The second-order valence-electron chi connectivity index (χ2n) is 4.07. The summed E-state index contributed by atoms with van der Waals surface area (Å²) in [6.45, 7) is 0. The number of thiophene rings is 1. The zero-order valence-corrected chi connectivity index (χ0v) is 10.6. The molecule has 1 aromatic rings. The van der Waals surface area contributed by atoms with Crippen molar-refractivity contribution in [3.05, 3.63) is 20.8 Å². The van der Waals surface area contributed by atoms with Gasteiger partial charge in [-0.25, -0.2) is 0 Å². The van der Waals surface area contributed by atoms with Gasteiger partial charge in [0.25, 0.3) is 0 Å². The maximum absolute atomic E-state index is 6.27. The molecule has 0 bridgehead atoms. The van der Waals surface area contributed by atoms with Crippen LogP contribution in [0.1, 0.15) is 43.0 Å². The van der Waals surface area contributed by atoms with Crippen molar-refractivity contribution in [2.75, 3.05) is 0 Å². The predicted molar refractivity (Wildman–Crippen MR) is 65.5 cm³/mol. The van der Waals surface area contributed by atoms with Crippen LogP contribution in [0.2, 0.25) is 0 Å². The van der Waals surface area contributed by atoms with Crippen LogP contribution in [0.5, 0.6) is 0 Å². The maximum Gasteiger partial charge on any atom is 0.0701 e. The predicted octanol–water partition coefficient (Wildman–Crippen LogP) is 4.09. The Morgan fingerprint density at radius 1 is 1.29 bits per heavy atom. The fraction of sp³-hybridized carbons (Fsp3) is 0.636. The smallest absolute Gasteiger partial charge is 0.0701 e. The van der Waals surface area contributed by atoms with Gasteiger partial charge in [-0.3, -0.25) is 0 Å². The van der Waals surface area contributed by atoms with E-state index in [0.717, 1.165) is 0 Å². The first kappa shape index (κ1) is 10.7. The summed E-state index contributed by atoms with van der Waals surface area (Å²) in [4.78, 5) is 1.34. The second kappa shape index (κ2) is 4.77. The Labute approximate surface area is 97.8 Å². The molecule has 0 unspecified atom stereocenters. The van der Waals surface area contributed by atoms with Crippen molar-refractivity contribution < 1.29 is 0 Å². The molecular formula is C11H16BrNS. The van der Waals surface area contributed by atoms with Crippen LogP contribution < -0.4 is 5.73 Å². The highest BCUT2D eigenvalue weighted by molar-refractivity contribution is 9.11. The minimum absolute atomic E-state index is 0.270. The fourth-order valence-corrected chi connectivity index (χ4v) is 3.75. The molecule has 1 atom stereocenters. The van der Waals surface area contributed by atoms with Gasteiger partial charge in [0.2, 0.25) is 0 Å². The van der Waals surface area contributed by atoms with Crippen LogP contribution >= 0.6 is 27.3 Å². The van der Waals surface area contributed by atoms with Crippen molar-refractivity contribution in [2.24, 2.45) is 11.7 Å². The Bertz CT molecular complexity index is 291. The third kappa shape index (κ3) is 2.38. The quantitative estimate of drug-likeness (QED) is 0.863. The van der Waals surface area contributed by atoms with Crippen LogP contribution in [0.4, 0.5) is 0 Å². The third-order valence-electron chi connectivity index (χ3n) is 3.08. The van der Waals surface area contributed by atoms with E-state index >= 15 is 0 Å². The second-order valence-corrected chi connectivity index (χ2v) is 6.56. The Hall–Kier alpha value is 0.140. The Kier molecular flexibility index (Phi) is 3.63. The normalized spacial score (nSPS) is 21.0. The van der Waals surface area contributed by atoms with Crippen LogP contribution in [0.3, 0.4) is 0 Å². The summed E-state index contributed by atoms with van der Waals surface area (Å²) in [6, 6.07) is 4.53. The van der Waals surface area contributed by atoms with Crippen LogP contribution in [-0.4, -0.2) is 0 Å². The first-order valence-corrected chi connectivity index (χ1v) is 6.89. The van der Waals surface area contributed by atoms with Crippen molar-refractivity contribution in [2.45, 2.75) is 38.1 Å². The van der Waals surface area contributed by atoms with Gasteiger partial charge in [-0.2, -0.15) is 0 Å². The Morgan fingerprint density at radius 2 is 2.00 bits per heavy atom. The standard InChI is InChI=1S/C11H16BrNS/c12-10-7-6-9(14-10)11(13)8-4-2-1-3-5-8/h6-8,11H,1-5,13H2/t11-/m0/s1.